The van der Waals surface area contributed by atoms with Crippen LogP contribution in [0.25, 0.3) is 0 Å². The van der Waals surface area contributed by atoms with Crippen LogP contribution in [0.15, 0.2) is 60.7 Å². The molecule has 0 radical (unpaired) electrons. The fraction of sp³-hybridized carbons (Fsp3) is 0.316. The highest BCUT2D eigenvalue weighted by atomic mass is 32.2. The Bertz CT molecular complexity index is 593. The second-order valence-electron chi connectivity index (χ2n) is 5.47. The van der Waals surface area contributed by atoms with E-state index in [-0.39, 0.29) is 16.8 Å². The van der Waals surface area contributed by atoms with Crippen molar-refractivity contribution in [1.29, 1.82) is 0 Å². The molecule has 0 aromatic heterocycles. The first-order chi connectivity index (χ1) is 10.3. The van der Waals surface area contributed by atoms with E-state index in [1.807, 2.05) is 18.2 Å². The van der Waals surface area contributed by atoms with Crippen LogP contribution >= 0.6 is 0 Å². The smallest absolute Gasteiger partial charge is 0.157 e. The molecule has 1 aliphatic heterocycles. The number of carbonyl (C=O) groups is 1. The summed E-state index contributed by atoms with van der Waals surface area (Å²) in [4.78, 5) is 12.6. The van der Waals surface area contributed by atoms with Crippen molar-refractivity contribution in [2.75, 3.05) is 11.5 Å². The minimum Gasteiger partial charge on any atom is -0.299 e. The predicted octanol–water partition coefficient (Wildman–Crippen LogP) is 4.12. The van der Waals surface area contributed by atoms with Crippen LogP contribution in [0.1, 0.15) is 35.6 Å². The van der Waals surface area contributed by atoms with E-state index in [0.717, 1.165) is 17.9 Å². The second kappa shape index (κ2) is 6.48. The molecule has 3 atom stereocenters. The molecule has 2 heteroatoms. The molecule has 1 fully saturated rings. The van der Waals surface area contributed by atoms with Gasteiger partial charge in [-0.3, -0.25) is 4.79 Å². The average molecular weight is 297 g/mol. The summed E-state index contributed by atoms with van der Waals surface area (Å²) in [6, 6.07) is 20.9. The maximum Gasteiger partial charge on any atom is 0.157 e. The summed E-state index contributed by atoms with van der Waals surface area (Å²) < 4.78 is 0. The molecule has 1 nitrogen and oxygen atoms in total. The van der Waals surface area contributed by atoms with Crippen LogP contribution in [0.4, 0.5) is 0 Å². The Morgan fingerprint density at radius 1 is 0.952 bits per heavy atom. The van der Waals surface area contributed by atoms with Crippen LogP contribution in [0.2, 0.25) is 0 Å². The van der Waals surface area contributed by atoms with E-state index in [0.29, 0.717) is 11.0 Å². The van der Waals surface area contributed by atoms with Gasteiger partial charge < -0.3 is 0 Å². The van der Waals surface area contributed by atoms with Crippen molar-refractivity contribution < 1.29 is 4.79 Å². The number of hydrogen-bond donors (Lipinski definition) is 0. The number of rotatable bonds is 3. The lowest BCUT2D eigenvalue weighted by Crippen LogP contribution is -2.36. The molecule has 2 aromatic rings. The van der Waals surface area contributed by atoms with Crippen molar-refractivity contribution in [3.8, 4) is 0 Å². The van der Waals surface area contributed by atoms with E-state index in [1.54, 1.807) is 0 Å². The molecule has 1 heterocycles. The van der Waals surface area contributed by atoms with Crippen molar-refractivity contribution in [3.63, 3.8) is 0 Å². The molecule has 2 aromatic carbocycles. The molecule has 0 saturated carbocycles. The summed E-state index contributed by atoms with van der Waals surface area (Å²) in [6.45, 7) is 2.26. The first-order valence-electron chi connectivity index (χ1n) is 7.60. The van der Waals surface area contributed by atoms with Gasteiger partial charge in [-0.1, -0.05) is 60.7 Å². The molecular formula is C19H21OS+. The largest absolute Gasteiger partial charge is 0.299 e. The number of carbonyl (C=O) groups excluding carboxylic acids is 1. The van der Waals surface area contributed by atoms with Crippen LogP contribution in [0.5, 0.6) is 0 Å². The van der Waals surface area contributed by atoms with Gasteiger partial charge in [-0.2, -0.15) is 0 Å². The lowest BCUT2D eigenvalue weighted by Gasteiger charge is -2.31. The topological polar surface area (TPSA) is 17.1 Å². The Kier molecular flexibility index (Phi) is 4.45. The van der Waals surface area contributed by atoms with Crippen molar-refractivity contribution in [1.82, 2.24) is 0 Å². The molecule has 108 valence electrons. The highest BCUT2D eigenvalue weighted by molar-refractivity contribution is 7.97. The van der Waals surface area contributed by atoms with Crippen molar-refractivity contribution in [3.05, 3.63) is 71.8 Å². The zero-order chi connectivity index (χ0) is 14.7. The summed E-state index contributed by atoms with van der Waals surface area (Å²) in [5, 5.41) is 0.347. The van der Waals surface area contributed by atoms with Gasteiger partial charge in [0.05, 0.1) is 12.3 Å². The molecule has 0 amide bonds. The van der Waals surface area contributed by atoms with Gasteiger partial charge in [0, 0.05) is 5.56 Å². The quantitative estimate of drug-likeness (QED) is 0.779. The maximum atomic E-state index is 12.6. The van der Waals surface area contributed by atoms with Gasteiger partial charge in [-0.15, -0.1) is 0 Å². The zero-order valence-electron chi connectivity index (χ0n) is 12.4. The van der Waals surface area contributed by atoms with E-state index >= 15 is 0 Å². The number of ketones is 1. The standard InChI is InChI=1S/C19H21OS/c1-2-21-14-13-17(20)18(15-9-5-3-6-10-15)19(21)16-11-7-4-8-12-16/h3-12,18-19H,2,13-14H2,1H3/q+1/t18-,19+,21?/m1/s1. The zero-order valence-corrected chi connectivity index (χ0v) is 13.2. The molecule has 1 unspecified atom stereocenters. The molecule has 0 N–H and O–H groups in total. The van der Waals surface area contributed by atoms with Crippen LogP contribution in [0, 0.1) is 0 Å². The van der Waals surface area contributed by atoms with E-state index in [2.05, 4.69) is 49.4 Å². The van der Waals surface area contributed by atoms with Gasteiger partial charge in [-0.25, -0.2) is 0 Å². The third kappa shape index (κ3) is 2.91. The maximum absolute atomic E-state index is 12.6. The third-order valence-electron chi connectivity index (χ3n) is 4.28. The van der Waals surface area contributed by atoms with Gasteiger partial charge in [-0.05, 0) is 23.4 Å². The van der Waals surface area contributed by atoms with Crippen molar-refractivity contribution >= 4 is 16.7 Å². The Hall–Kier alpha value is -1.54. The molecule has 0 bridgehead atoms. The molecule has 1 aliphatic rings. The van der Waals surface area contributed by atoms with Gasteiger partial charge in [0.15, 0.2) is 5.25 Å². The highest BCUT2D eigenvalue weighted by Crippen LogP contribution is 2.43. The van der Waals surface area contributed by atoms with Crippen molar-refractivity contribution in [2.45, 2.75) is 24.5 Å². The Balaban J connectivity index is 2.06. The first-order valence-corrected chi connectivity index (χ1v) is 9.22. The molecule has 0 spiro atoms. The van der Waals surface area contributed by atoms with E-state index < -0.39 is 0 Å². The summed E-state index contributed by atoms with van der Waals surface area (Å²) in [5.74, 6) is 2.66. The summed E-state index contributed by atoms with van der Waals surface area (Å²) in [5.41, 5.74) is 2.51. The minimum absolute atomic E-state index is 0.0330. The predicted molar refractivity (Wildman–Crippen MR) is 90.8 cm³/mol. The molecule has 21 heavy (non-hydrogen) atoms. The number of hydrogen-bond acceptors (Lipinski definition) is 1. The van der Waals surface area contributed by atoms with Gasteiger partial charge in [0.25, 0.3) is 0 Å². The normalized spacial score (nSPS) is 25.8. The van der Waals surface area contributed by atoms with Crippen LogP contribution in [0.3, 0.4) is 0 Å². The Morgan fingerprint density at radius 3 is 2.10 bits per heavy atom. The molecule has 3 rings (SSSR count). The SMILES string of the molecule is CC[S+]1CCC(=O)[C@@H](c2ccccc2)[C@@H]1c1ccccc1. The minimum atomic E-state index is 0.0330. The van der Waals surface area contributed by atoms with Crippen LogP contribution in [-0.4, -0.2) is 17.3 Å². The van der Waals surface area contributed by atoms with Crippen molar-refractivity contribution in [2.24, 2.45) is 0 Å². The Labute approximate surface area is 129 Å². The monoisotopic (exact) mass is 297 g/mol. The fourth-order valence-electron chi connectivity index (χ4n) is 3.25. The summed E-state index contributed by atoms with van der Waals surface area (Å²) in [7, 11) is 0.288. The second-order valence-corrected chi connectivity index (χ2v) is 8.03. The van der Waals surface area contributed by atoms with Gasteiger partial charge >= 0.3 is 0 Å². The van der Waals surface area contributed by atoms with Gasteiger partial charge in [0.1, 0.15) is 17.3 Å². The summed E-state index contributed by atoms with van der Waals surface area (Å²) >= 11 is 0. The molecule has 1 saturated heterocycles. The average Bonchev–Trinajstić information content (AvgIpc) is 2.56. The highest BCUT2D eigenvalue weighted by Gasteiger charge is 2.46. The number of Topliss-reactive ketones (excluding diaryl/α,β-unsaturated/α-hetero) is 1. The van der Waals surface area contributed by atoms with Gasteiger partial charge in [0.2, 0.25) is 0 Å². The van der Waals surface area contributed by atoms with E-state index in [9.17, 15) is 4.79 Å². The van der Waals surface area contributed by atoms with E-state index in [4.69, 9.17) is 0 Å². The fourth-order valence-corrected chi connectivity index (χ4v) is 5.85. The van der Waals surface area contributed by atoms with E-state index in [1.165, 1.54) is 11.1 Å². The van der Waals surface area contributed by atoms with Crippen LogP contribution in [-0.2, 0) is 15.7 Å². The third-order valence-corrected chi connectivity index (χ3v) is 7.01. The lowest BCUT2D eigenvalue weighted by molar-refractivity contribution is -0.120. The summed E-state index contributed by atoms with van der Waals surface area (Å²) in [6.07, 6.45) is 0.736. The molecule has 0 aliphatic carbocycles. The Morgan fingerprint density at radius 2 is 1.52 bits per heavy atom. The van der Waals surface area contributed by atoms with Crippen LogP contribution < -0.4 is 0 Å². The number of benzene rings is 2. The molecular weight excluding hydrogens is 276 g/mol. The first kappa shape index (κ1) is 14.4. The lowest BCUT2D eigenvalue weighted by atomic mass is 9.86.